The van der Waals surface area contributed by atoms with Gasteiger partial charge < -0.3 is 19.7 Å². The fourth-order valence-corrected chi connectivity index (χ4v) is 3.53. The van der Waals surface area contributed by atoms with Gasteiger partial charge in [0.15, 0.2) is 0 Å². The number of nitrogens with one attached hydrogen (secondary N) is 1. The normalized spacial score (nSPS) is 24.9. The number of ether oxygens (including phenoxy) is 2. The largest absolute Gasteiger partial charge is 0.491 e. The predicted octanol–water partition coefficient (Wildman–Crippen LogP) is 2.71. The van der Waals surface area contributed by atoms with Crippen LogP contribution in [0.2, 0.25) is 0 Å². The Balaban J connectivity index is 1.66. The van der Waals surface area contributed by atoms with Gasteiger partial charge in [0.1, 0.15) is 12.4 Å². The van der Waals surface area contributed by atoms with Crippen LogP contribution in [-0.2, 0) is 4.74 Å². The van der Waals surface area contributed by atoms with Crippen LogP contribution < -0.4 is 10.1 Å². The minimum absolute atomic E-state index is 0.608. The van der Waals surface area contributed by atoms with Crippen molar-refractivity contribution in [3.63, 3.8) is 0 Å². The van der Waals surface area contributed by atoms with E-state index in [2.05, 4.69) is 29.4 Å². The molecule has 1 fully saturated rings. The zero-order chi connectivity index (χ0) is 14.7. The van der Waals surface area contributed by atoms with Crippen LogP contribution in [0, 0.1) is 0 Å². The molecule has 3 rings (SSSR count). The smallest absolute Gasteiger partial charge is 0.119 e. The molecule has 2 aliphatic rings. The Kier molecular flexibility index (Phi) is 4.66. The first kappa shape index (κ1) is 14.7. The lowest BCUT2D eigenvalue weighted by atomic mass is 9.93. The van der Waals surface area contributed by atoms with Gasteiger partial charge in [0, 0.05) is 31.3 Å². The predicted molar refractivity (Wildman–Crippen MR) is 85.3 cm³/mol. The van der Waals surface area contributed by atoms with Gasteiger partial charge in [-0.1, -0.05) is 0 Å². The molecule has 1 N–H and O–H groups in total. The van der Waals surface area contributed by atoms with Crippen molar-refractivity contribution in [2.24, 2.45) is 0 Å². The van der Waals surface area contributed by atoms with Gasteiger partial charge in [-0.15, -0.1) is 0 Å². The van der Waals surface area contributed by atoms with Crippen molar-refractivity contribution in [1.82, 2.24) is 4.90 Å². The fourth-order valence-electron chi connectivity index (χ4n) is 3.53. The molecule has 116 valence electrons. The summed E-state index contributed by atoms with van der Waals surface area (Å²) < 4.78 is 10.8. The van der Waals surface area contributed by atoms with Crippen molar-refractivity contribution in [2.45, 2.75) is 31.2 Å². The van der Waals surface area contributed by atoms with E-state index in [1.54, 1.807) is 7.11 Å². The van der Waals surface area contributed by atoms with Gasteiger partial charge >= 0.3 is 0 Å². The number of anilines is 1. The molecular formula is C17H26N2O2. The van der Waals surface area contributed by atoms with Crippen LogP contribution in [0.3, 0.4) is 0 Å². The molecule has 0 spiro atoms. The van der Waals surface area contributed by atoms with Gasteiger partial charge in [0.05, 0.1) is 6.61 Å². The Labute approximate surface area is 127 Å². The summed E-state index contributed by atoms with van der Waals surface area (Å²) in [6.07, 6.45) is 3.93. The van der Waals surface area contributed by atoms with Crippen molar-refractivity contribution in [1.29, 1.82) is 0 Å². The van der Waals surface area contributed by atoms with Crippen LogP contribution >= 0.6 is 0 Å². The Bertz CT molecular complexity index is 478. The molecule has 4 heteroatoms. The standard InChI is InChI=1S/C17H26N2O2/c1-19-7-3-4-14(19)10-13-12-18-17-6-5-15(11-16(13)17)21-9-8-20-2/h5-6,11,13-14,18H,3-4,7-10,12H2,1-2H3. The number of nitrogens with zero attached hydrogens (tertiary/aromatic N) is 1. The molecule has 2 heterocycles. The number of hydrogen-bond acceptors (Lipinski definition) is 4. The van der Waals surface area contributed by atoms with Gasteiger partial charge in [-0.2, -0.15) is 0 Å². The first-order chi connectivity index (χ1) is 10.3. The average molecular weight is 290 g/mol. The van der Waals surface area contributed by atoms with Crippen LogP contribution in [0.4, 0.5) is 5.69 Å². The van der Waals surface area contributed by atoms with Crippen LogP contribution in [0.5, 0.6) is 5.75 Å². The summed E-state index contributed by atoms with van der Waals surface area (Å²) >= 11 is 0. The third-order valence-electron chi connectivity index (χ3n) is 4.79. The second-order valence-electron chi connectivity index (χ2n) is 6.18. The molecule has 2 unspecified atom stereocenters. The molecule has 0 aliphatic carbocycles. The van der Waals surface area contributed by atoms with Gasteiger partial charge in [0.25, 0.3) is 0 Å². The highest BCUT2D eigenvalue weighted by Gasteiger charge is 2.29. The number of benzene rings is 1. The zero-order valence-corrected chi connectivity index (χ0v) is 13.1. The minimum Gasteiger partial charge on any atom is -0.491 e. The highest BCUT2D eigenvalue weighted by atomic mass is 16.5. The summed E-state index contributed by atoms with van der Waals surface area (Å²) in [6.45, 7) is 3.55. The number of methoxy groups -OCH3 is 1. The summed E-state index contributed by atoms with van der Waals surface area (Å²) in [5.41, 5.74) is 2.70. The maximum absolute atomic E-state index is 5.75. The topological polar surface area (TPSA) is 33.7 Å². The molecular weight excluding hydrogens is 264 g/mol. The highest BCUT2D eigenvalue weighted by molar-refractivity contribution is 5.60. The molecule has 4 nitrogen and oxygen atoms in total. The highest BCUT2D eigenvalue weighted by Crippen LogP contribution is 2.38. The quantitative estimate of drug-likeness (QED) is 0.817. The summed E-state index contributed by atoms with van der Waals surface area (Å²) in [5.74, 6) is 1.57. The Morgan fingerprint density at radius 2 is 2.24 bits per heavy atom. The third-order valence-corrected chi connectivity index (χ3v) is 4.79. The number of likely N-dealkylation sites (tertiary alicyclic amines) is 1. The van der Waals surface area contributed by atoms with Gasteiger partial charge in [-0.3, -0.25) is 0 Å². The van der Waals surface area contributed by atoms with E-state index in [0.717, 1.165) is 18.3 Å². The molecule has 2 aliphatic heterocycles. The van der Waals surface area contributed by atoms with E-state index < -0.39 is 0 Å². The van der Waals surface area contributed by atoms with E-state index in [1.807, 2.05) is 6.07 Å². The van der Waals surface area contributed by atoms with Crippen LogP contribution in [-0.4, -0.2) is 51.4 Å². The van der Waals surface area contributed by atoms with E-state index in [1.165, 1.54) is 37.1 Å². The van der Waals surface area contributed by atoms with Crippen molar-refractivity contribution in [3.05, 3.63) is 23.8 Å². The first-order valence-corrected chi connectivity index (χ1v) is 7.97. The van der Waals surface area contributed by atoms with Crippen LogP contribution in [0.1, 0.15) is 30.7 Å². The molecule has 0 aromatic heterocycles. The molecule has 2 atom stereocenters. The van der Waals surface area contributed by atoms with E-state index >= 15 is 0 Å². The minimum atomic E-state index is 0.608. The van der Waals surface area contributed by atoms with Crippen molar-refractivity contribution < 1.29 is 9.47 Å². The van der Waals surface area contributed by atoms with E-state index in [9.17, 15) is 0 Å². The van der Waals surface area contributed by atoms with Crippen LogP contribution in [0.15, 0.2) is 18.2 Å². The van der Waals surface area contributed by atoms with E-state index in [-0.39, 0.29) is 0 Å². The molecule has 0 radical (unpaired) electrons. The fraction of sp³-hybridized carbons (Fsp3) is 0.647. The average Bonchev–Trinajstić information content (AvgIpc) is 3.07. The lowest BCUT2D eigenvalue weighted by molar-refractivity contribution is 0.146. The van der Waals surface area contributed by atoms with E-state index in [0.29, 0.717) is 19.1 Å². The second kappa shape index (κ2) is 6.67. The summed E-state index contributed by atoms with van der Waals surface area (Å²) in [5, 5.41) is 3.53. The lowest BCUT2D eigenvalue weighted by Gasteiger charge is -2.23. The molecule has 0 saturated carbocycles. The SMILES string of the molecule is COCCOc1ccc2c(c1)C(CC1CCCN1C)CN2. The molecule has 1 saturated heterocycles. The zero-order valence-electron chi connectivity index (χ0n) is 13.1. The second-order valence-corrected chi connectivity index (χ2v) is 6.18. The van der Waals surface area contributed by atoms with Crippen molar-refractivity contribution in [3.8, 4) is 5.75 Å². The Hall–Kier alpha value is -1.26. The van der Waals surface area contributed by atoms with E-state index in [4.69, 9.17) is 9.47 Å². The van der Waals surface area contributed by atoms with Gasteiger partial charge in [-0.25, -0.2) is 0 Å². The summed E-state index contributed by atoms with van der Waals surface area (Å²) in [7, 11) is 3.95. The molecule has 1 aromatic rings. The number of rotatable bonds is 6. The monoisotopic (exact) mass is 290 g/mol. The number of hydrogen-bond donors (Lipinski definition) is 1. The van der Waals surface area contributed by atoms with Gasteiger partial charge in [-0.05, 0) is 56.6 Å². The van der Waals surface area contributed by atoms with Crippen molar-refractivity contribution in [2.75, 3.05) is 45.8 Å². The maximum Gasteiger partial charge on any atom is 0.119 e. The third kappa shape index (κ3) is 3.33. The molecule has 0 bridgehead atoms. The molecule has 0 amide bonds. The summed E-state index contributed by atoms with van der Waals surface area (Å²) in [6, 6.07) is 7.15. The number of fused-ring (bicyclic) bond motifs is 1. The first-order valence-electron chi connectivity index (χ1n) is 7.97. The molecule has 21 heavy (non-hydrogen) atoms. The maximum atomic E-state index is 5.75. The van der Waals surface area contributed by atoms with Crippen LogP contribution in [0.25, 0.3) is 0 Å². The molecule has 1 aromatic carbocycles. The van der Waals surface area contributed by atoms with Crippen molar-refractivity contribution >= 4 is 5.69 Å². The Morgan fingerprint density at radius 3 is 3.00 bits per heavy atom. The van der Waals surface area contributed by atoms with Gasteiger partial charge in [0.2, 0.25) is 0 Å². The summed E-state index contributed by atoms with van der Waals surface area (Å²) in [4.78, 5) is 2.51. The Morgan fingerprint density at radius 1 is 1.33 bits per heavy atom. The lowest BCUT2D eigenvalue weighted by Crippen LogP contribution is -2.27.